The Morgan fingerprint density at radius 1 is 1.11 bits per heavy atom. The minimum Gasteiger partial charge on any atom is -0.385 e. The SMILES string of the molecule is Nc1[nH]c(=O)ncc1F.Nc1cc(=O)[nH]c(=O)[nH]1. The van der Waals surface area contributed by atoms with Crippen LogP contribution in [-0.4, -0.2) is 19.9 Å². The van der Waals surface area contributed by atoms with Crippen LogP contribution in [0.3, 0.4) is 0 Å². The molecule has 0 saturated carbocycles. The molecular formula is C8H9FN6O3. The number of anilines is 2. The summed E-state index contributed by atoms with van der Waals surface area (Å²) < 4.78 is 12.1. The van der Waals surface area contributed by atoms with E-state index in [0.717, 1.165) is 12.3 Å². The van der Waals surface area contributed by atoms with Crippen molar-refractivity contribution in [1.82, 2.24) is 19.9 Å². The Morgan fingerprint density at radius 3 is 2.22 bits per heavy atom. The molecule has 96 valence electrons. The summed E-state index contributed by atoms with van der Waals surface area (Å²) in [6.45, 7) is 0. The van der Waals surface area contributed by atoms with Crippen LogP contribution in [0.4, 0.5) is 16.0 Å². The average molecular weight is 256 g/mol. The maximum Gasteiger partial charge on any atom is 0.346 e. The van der Waals surface area contributed by atoms with Crippen LogP contribution in [0.25, 0.3) is 0 Å². The van der Waals surface area contributed by atoms with E-state index in [1.165, 1.54) is 0 Å². The molecule has 0 fully saturated rings. The van der Waals surface area contributed by atoms with Crippen LogP contribution in [-0.2, 0) is 0 Å². The number of nitrogen functional groups attached to an aromatic ring is 2. The number of nitrogens with zero attached hydrogens (tertiary/aromatic N) is 1. The summed E-state index contributed by atoms with van der Waals surface area (Å²) in [5, 5.41) is 0. The van der Waals surface area contributed by atoms with Gasteiger partial charge in [0.1, 0.15) is 11.6 Å². The summed E-state index contributed by atoms with van der Waals surface area (Å²) in [5.74, 6) is -0.923. The number of aromatic amines is 3. The molecule has 7 N–H and O–H groups in total. The fourth-order valence-electron chi connectivity index (χ4n) is 0.880. The molecule has 0 aliphatic heterocycles. The maximum atomic E-state index is 12.1. The zero-order chi connectivity index (χ0) is 13.7. The molecule has 0 aromatic carbocycles. The molecule has 10 heteroatoms. The smallest absolute Gasteiger partial charge is 0.346 e. The van der Waals surface area contributed by atoms with Crippen LogP contribution in [0.1, 0.15) is 0 Å². The van der Waals surface area contributed by atoms with E-state index >= 15 is 0 Å². The van der Waals surface area contributed by atoms with E-state index in [0.29, 0.717) is 0 Å². The monoisotopic (exact) mass is 256 g/mol. The van der Waals surface area contributed by atoms with Crippen LogP contribution >= 0.6 is 0 Å². The second-order valence-electron chi connectivity index (χ2n) is 2.99. The summed E-state index contributed by atoms with van der Waals surface area (Å²) in [4.78, 5) is 40.1. The minimum absolute atomic E-state index is 0.0729. The van der Waals surface area contributed by atoms with Crippen molar-refractivity contribution in [2.24, 2.45) is 0 Å². The number of hydrogen-bond donors (Lipinski definition) is 5. The maximum absolute atomic E-state index is 12.1. The van der Waals surface area contributed by atoms with E-state index in [4.69, 9.17) is 11.5 Å². The molecule has 2 heterocycles. The van der Waals surface area contributed by atoms with Gasteiger partial charge >= 0.3 is 11.4 Å². The van der Waals surface area contributed by atoms with Crippen molar-refractivity contribution in [2.45, 2.75) is 0 Å². The molecule has 0 aliphatic rings. The van der Waals surface area contributed by atoms with Gasteiger partial charge < -0.3 is 11.5 Å². The zero-order valence-corrected chi connectivity index (χ0v) is 8.86. The third-order valence-corrected chi connectivity index (χ3v) is 1.58. The molecule has 0 amide bonds. The first-order valence-corrected chi connectivity index (χ1v) is 4.48. The molecule has 2 rings (SSSR count). The van der Waals surface area contributed by atoms with Gasteiger partial charge in [-0.2, -0.15) is 4.98 Å². The van der Waals surface area contributed by atoms with Gasteiger partial charge in [0.25, 0.3) is 5.56 Å². The van der Waals surface area contributed by atoms with Crippen molar-refractivity contribution >= 4 is 11.6 Å². The summed E-state index contributed by atoms with van der Waals surface area (Å²) in [7, 11) is 0. The van der Waals surface area contributed by atoms with E-state index in [2.05, 4.69) is 9.97 Å². The number of halogens is 1. The van der Waals surface area contributed by atoms with Crippen molar-refractivity contribution in [3.05, 3.63) is 49.4 Å². The molecule has 0 unspecified atom stereocenters. The summed E-state index contributed by atoms with van der Waals surface area (Å²) in [5.41, 5.74) is 8.32. The quantitative estimate of drug-likeness (QED) is 0.371. The highest BCUT2D eigenvalue weighted by molar-refractivity contribution is 5.25. The largest absolute Gasteiger partial charge is 0.385 e. The molecular weight excluding hydrogens is 247 g/mol. The third kappa shape index (κ3) is 3.92. The van der Waals surface area contributed by atoms with Gasteiger partial charge in [-0.1, -0.05) is 0 Å². The lowest BCUT2D eigenvalue weighted by Crippen LogP contribution is -2.22. The number of aromatic nitrogens is 4. The van der Waals surface area contributed by atoms with Gasteiger partial charge in [-0.3, -0.25) is 19.7 Å². The van der Waals surface area contributed by atoms with Crippen molar-refractivity contribution in [1.29, 1.82) is 0 Å². The van der Waals surface area contributed by atoms with Crippen molar-refractivity contribution in [3.63, 3.8) is 0 Å². The highest BCUT2D eigenvalue weighted by Gasteiger charge is 1.95. The van der Waals surface area contributed by atoms with E-state index in [-0.39, 0.29) is 11.6 Å². The number of hydrogen-bond acceptors (Lipinski definition) is 6. The molecule has 18 heavy (non-hydrogen) atoms. The Kier molecular flexibility index (Phi) is 3.97. The molecule has 2 aromatic heterocycles. The summed E-state index contributed by atoms with van der Waals surface area (Å²) in [6, 6.07) is 1.10. The molecule has 0 saturated heterocycles. The van der Waals surface area contributed by atoms with Crippen LogP contribution in [0.15, 0.2) is 26.6 Å². The topological polar surface area (TPSA) is 164 Å². The van der Waals surface area contributed by atoms with Gasteiger partial charge in [-0.15, -0.1) is 0 Å². The Morgan fingerprint density at radius 2 is 1.78 bits per heavy atom. The normalized spacial score (nSPS) is 9.39. The van der Waals surface area contributed by atoms with Gasteiger partial charge in [0, 0.05) is 6.07 Å². The number of H-pyrrole nitrogens is 3. The van der Waals surface area contributed by atoms with Gasteiger partial charge in [-0.25, -0.2) is 14.0 Å². The summed E-state index contributed by atoms with van der Waals surface area (Å²) in [6.07, 6.45) is 0.772. The van der Waals surface area contributed by atoms with Crippen molar-refractivity contribution in [3.8, 4) is 0 Å². The van der Waals surface area contributed by atoms with Crippen LogP contribution in [0.2, 0.25) is 0 Å². The van der Waals surface area contributed by atoms with Crippen LogP contribution in [0, 0.1) is 5.82 Å². The van der Waals surface area contributed by atoms with E-state index in [9.17, 15) is 18.8 Å². The Balaban J connectivity index is 0.000000180. The second kappa shape index (κ2) is 5.43. The third-order valence-electron chi connectivity index (χ3n) is 1.58. The lowest BCUT2D eigenvalue weighted by molar-refractivity contribution is 0.617. The zero-order valence-electron chi connectivity index (χ0n) is 8.86. The fourth-order valence-corrected chi connectivity index (χ4v) is 0.880. The van der Waals surface area contributed by atoms with Gasteiger partial charge in [0.15, 0.2) is 5.82 Å². The number of nitrogens with two attached hydrogens (primary N) is 2. The predicted molar refractivity (Wildman–Crippen MR) is 61.3 cm³/mol. The second-order valence-corrected chi connectivity index (χ2v) is 2.99. The van der Waals surface area contributed by atoms with E-state index < -0.39 is 22.8 Å². The molecule has 0 aliphatic carbocycles. The Hall–Kier alpha value is -2.91. The number of rotatable bonds is 0. The van der Waals surface area contributed by atoms with E-state index in [1.54, 1.807) is 0 Å². The standard InChI is InChI=1S/C4H4FN3O.C4H5N3O2/c5-2-1-7-4(9)8-3(2)6;5-2-1-3(8)7-4(9)6-2/h1H,(H3,6,7,8,9);1H,(H4,5,6,7,8,9). The highest BCUT2D eigenvalue weighted by atomic mass is 19.1. The first-order valence-electron chi connectivity index (χ1n) is 4.48. The van der Waals surface area contributed by atoms with Gasteiger partial charge in [0.2, 0.25) is 0 Å². The number of nitrogens with one attached hydrogen (secondary N) is 3. The predicted octanol–water partition coefficient (Wildman–Crippen LogP) is -1.86. The first-order chi connectivity index (χ1) is 8.38. The highest BCUT2D eigenvalue weighted by Crippen LogP contribution is 1.96. The Labute approximate surface area is 97.7 Å². The molecule has 0 atom stereocenters. The lowest BCUT2D eigenvalue weighted by atomic mass is 10.6. The molecule has 0 radical (unpaired) electrons. The van der Waals surface area contributed by atoms with Gasteiger partial charge in [-0.05, 0) is 0 Å². The van der Waals surface area contributed by atoms with E-state index in [1.807, 2.05) is 9.97 Å². The van der Waals surface area contributed by atoms with Crippen LogP contribution in [0.5, 0.6) is 0 Å². The van der Waals surface area contributed by atoms with Gasteiger partial charge in [0.05, 0.1) is 6.20 Å². The first kappa shape index (κ1) is 13.2. The van der Waals surface area contributed by atoms with Crippen LogP contribution < -0.4 is 28.4 Å². The lowest BCUT2D eigenvalue weighted by Gasteiger charge is -1.89. The minimum atomic E-state index is -0.713. The molecule has 0 spiro atoms. The fraction of sp³-hybridized carbons (Fsp3) is 0. The molecule has 9 nitrogen and oxygen atoms in total. The Bertz CT molecular complexity index is 674. The molecule has 2 aromatic rings. The molecule has 0 bridgehead atoms. The average Bonchev–Trinajstić information content (AvgIpc) is 2.23. The van der Waals surface area contributed by atoms with Crippen molar-refractivity contribution in [2.75, 3.05) is 11.5 Å². The summed E-state index contributed by atoms with van der Waals surface area (Å²) >= 11 is 0. The van der Waals surface area contributed by atoms with Crippen molar-refractivity contribution < 1.29 is 4.39 Å².